The normalized spacial score (nSPS) is 10.3. The molecule has 0 unspecified atom stereocenters. The topological polar surface area (TPSA) is 84.9 Å². The summed E-state index contributed by atoms with van der Waals surface area (Å²) in [5.41, 5.74) is 3.78. The molecular formula is C22H26N2O5. The van der Waals surface area contributed by atoms with E-state index in [0.717, 1.165) is 22.4 Å². The molecule has 0 saturated carbocycles. The molecular weight excluding hydrogens is 372 g/mol. The molecule has 0 saturated heterocycles. The van der Waals surface area contributed by atoms with E-state index in [2.05, 4.69) is 5.32 Å². The maximum Gasteiger partial charge on any atom is 0.338 e. The van der Waals surface area contributed by atoms with Gasteiger partial charge >= 0.3 is 5.97 Å². The molecule has 0 aliphatic rings. The summed E-state index contributed by atoms with van der Waals surface area (Å²) in [6.45, 7) is 3.59. The molecule has 0 spiro atoms. The average Bonchev–Trinajstić information content (AvgIpc) is 2.69. The Morgan fingerprint density at radius 1 is 1.03 bits per heavy atom. The van der Waals surface area contributed by atoms with E-state index in [4.69, 9.17) is 9.47 Å². The highest BCUT2D eigenvalue weighted by Gasteiger charge is 2.17. The Hall–Kier alpha value is -3.19. The summed E-state index contributed by atoms with van der Waals surface area (Å²) in [6, 6.07) is 12.5. The lowest BCUT2D eigenvalue weighted by Crippen LogP contribution is -2.37. The standard InChI is InChI=1S/C22H26N2O5/c1-15-7-5-8-16(2)21(15)23-19(25)12-24(3)20(26)14-29-22(27)18-10-6-9-17(11-18)13-28-4/h5-11H,12-14H2,1-4H3,(H,23,25). The molecule has 0 atom stereocenters. The van der Waals surface area contributed by atoms with Crippen molar-refractivity contribution in [3.63, 3.8) is 0 Å². The first-order valence-electron chi connectivity index (χ1n) is 9.17. The van der Waals surface area contributed by atoms with Crippen molar-refractivity contribution in [3.05, 3.63) is 64.7 Å². The molecule has 0 fully saturated rings. The number of para-hydroxylation sites is 1. The van der Waals surface area contributed by atoms with Crippen molar-refractivity contribution in [2.75, 3.05) is 32.6 Å². The van der Waals surface area contributed by atoms with Crippen LogP contribution in [0.2, 0.25) is 0 Å². The second-order valence-corrected chi connectivity index (χ2v) is 6.77. The molecule has 7 nitrogen and oxygen atoms in total. The third kappa shape index (κ3) is 6.43. The number of rotatable bonds is 8. The minimum Gasteiger partial charge on any atom is -0.452 e. The molecule has 0 bridgehead atoms. The van der Waals surface area contributed by atoms with Gasteiger partial charge in [-0.1, -0.05) is 30.3 Å². The van der Waals surface area contributed by atoms with Crippen LogP contribution in [0, 0.1) is 13.8 Å². The number of nitrogens with one attached hydrogen (secondary N) is 1. The molecule has 0 aliphatic heterocycles. The molecule has 0 aromatic heterocycles. The largest absolute Gasteiger partial charge is 0.452 e. The Morgan fingerprint density at radius 2 is 1.69 bits per heavy atom. The van der Waals surface area contributed by atoms with Crippen molar-refractivity contribution in [3.8, 4) is 0 Å². The van der Waals surface area contributed by atoms with Gasteiger partial charge in [-0.05, 0) is 42.7 Å². The van der Waals surface area contributed by atoms with Gasteiger partial charge in [-0.25, -0.2) is 4.79 Å². The van der Waals surface area contributed by atoms with Crippen molar-refractivity contribution in [2.24, 2.45) is 0 Å². The molecule has 2 aromatic rings. The van der Waals surface area contributed by atoms with Crippen LogP contribution in [-0.2, 0) is 25.7 Å². The van der Waals surface area contributed by atoms with Gasteiger partial charge in [0.2, 0.25) is 5.91 Å². The number of likely N-dealkylation sites (N-methyl/N-ethyl adjacent to an activating group) is 1. The zero-order valence-electron chi connectivity index (χ0n) is 17.2. The van der Waals surface area contributed by atoms with Crippen molar-refractivity contribution in [2.45, 2.75) is 20.5 Å². The number of ether oxygens (including phenoxy) is 2. The van der Waals surface area contributed by atoms with E-state index in [0.29, 0.717) is 12.2 Å². The van der Waals surface area contributed by atoms with Gasteiger partial charge in [0.15, 0.2) is 6.61 Å². The van der Waals surface area contributed by atoms with Crippen molar-refractivity contribution >= 4 is 23.5 Å². The molecule has 1 N–H and O–H groups in total. The van der Waals surface area contributed by atoms with E-state index in [1.54, 1.807) is 25.3 Å². The Kier molecular flexibility index (Phi) is 7.91. The highest BCUT2D eigenvalue weighted by molar-refractivity contribution is 5.96. The van der Waals surface area contributed by atoms with E-state index >= 15 is 0 Å². The van der Waals surface area contributed by atoms with Crippen LogP contribution in [-0.4, -0.2) is 50.0 Å². The Labute approximate surface area is 170 Å². The smallest absolute Gasteiger partial charge is 0.338 e. The first-order valence-corrected chi connectivity index (χ1v) is 9.17. The number of hydrogen-bond donors (Lipinski definition) is 1. The summed E-state index contributed by atoms with van der Waals surface area (Å²) in [7, 11) is 3.05. The van der Waals surface area contributed by atoms with Crippen LogP contribution >= 0.6 is 0 Å². The number of carbonyl (C=O) groups excluding carboxylic acids is 3. The van der Waals surface area contributed by atoms with Crippen LogP contribution < -0.4 is 5.32 Å². The lowest BCUT2D eigenvalue weighted by molar-refractivity contribution is -0.136. The lowest BCUT2D eigenvalue weighted by Gasteiger charge is -2.18. The number of anilines is 1. The second-order valence-electron chi connectivity index (χ2n) is 6.77. The first-order chi connectivity index (χ1) is 13.8. The molecule has 7 heteroatoms. The maximum atomic E-state index is 12.3. The van der Waals surface area contributed by atoms with Crippen molar-refractivity contribution < 1.29 is 23.9 Å². The fourth-order valence-corrected chi connectivity index (χ4v) is 2.77. The third-order valence-electron chi connectivity index (χ3n) is 4.35. The molecule has 0 heterocycles. The fourth-order valence-electron chi connectivity index (χ4n) is 2.77. The average molecular weight is 398 g/mol. The van der Waals surface area contributed by atoms with Crippen molar-refractivity contribution in [1.29, 1.82) is 0 Å². The zero-order chi connectivity index (χ0) is 21.4. The molecule has 2 amide bonds. The van der Waals surface area contributed by atoms with E-state index in [1.807, 2.05) is 38.1 Å². The summed E-state index contributed by atoms with van der Waals surface area (Å²) in [4.78, 5) is 37.9. The van der Waals surface area contributed by atoms with Crippen LogP contribution in [0.15, 0.2) is 42.5 Å². The second kappa shape index (κ2) is 10.4. The summed E-state index contributed by atoms with van der Waals surface area (Å²) < 4.78 is 10.1. The summed E-state index contributed by atoms with van der Waals surface area (Å²) in [5, 5.41) is 2.82. The Bertz CT molecular complexity index is 874. The predicted molar refractivity (Wildman–Crippen MR) is 110 cm³/mol. The number of carbonyl (C=O) groups is 3. The zero-order valence-corrected chi connectivity index (χ0v) is 17.2. The number of nitrogens with zero attached hydrogens (tertiary/aromatic N) is 1. The number of hydrogen-bond acceptors (Lipinski definition) is 5. The van der Waals surface area contributed by atoms with E-state index in [9.17, 15) is 14.4 Å². The number of amides is 2. The van der Waals surface area contributed by atoms with E-state index < -0.39 is 18.5 Å². The summed E-state index contributed by atoms with van der Waals surface area (Å²) in [6.07, 6.45) is 0. The fraction of sp³-hybridized carbons (Fsp3) is 0.318. The van der Waals surface area contributed by atoms with E-state index in [-0.39, 0.29) is 12.5 Å². The van der Waals surface area contributed by atoms with Crippen LogP contribution in [0.3, 0.4) is 0 Å². The number of methoxy groups -OCH3 is 1. The van der Waals surface area contributed by atoms with Gasteiger partial charge < -0.3 is 19.7 Å². The van der Waals surface area contributed by atoms with Crippen LogP contribution in [0.1, 0.15) is 27.0 Å². The molecule has 29 heavy (non-hydrogen) atoms. The van der Waals surface area contributed by atoms with Crippen LogP contribution in [0.5, 0.6) is 0 Å². The summed E-state index contributed by atoms with van der Waals surface area (Å²) >= 11 is 0. The van der Waals surface area contributed by atoms with Crippen LogP contribution in [0.4, 0.5) is 5.69 Å². The van der Waals surface area contributed by atoms with Gasteiger partial charge in [-0.3, -0.25) is 9.59 Å². The van der Waals surface area contributed by atoms with Gasteiger partial charge in [0.25, 0.3) is 5.91 Å². The maximum absolute atomic E-state index is 12.3. The highest BCUT2D eigenvalue weighted by Crippen LogP contribution is 2.19. The van der Waals surface area contributed by atoms with Gasteiger partial charge in [0.1, 0.15) is 0 Å². The van der Waals surface area contributed by atoms with Gasteiger partial charge in [0, 0.05) is 19.8 Å². The lowest BCUT2D eigenvalue weighted by atomic mass is 10.1. The minimum absolute atomic E-state index is 0.145. The van der Waals surface area contributed by atoms with Gasteiger partial charge in [-0.15, -0.1) is 0 Å². The number of benzene rings is 2. The SMILES string of the molecule is COCc1cccc(C(=O)OCC(=O)N(C)CC(=O)Nc2c(C)cccc2C)c1. The van der Waals surface area contributed by atoms with E-state index in [1.165, 1.54) is 11.9 Å². The highest BCUT2D eigenvalue weighted by atomic mass is 16.5. The quantitative estimate of drug-likeness (QED) is 0.691. The monoisotopic (exact) mass is 398 g/mol. The molecule has 0 radical (unpaired) electrons. The predicted octanol–water partition coefficient (Wildman–Crippen LogP) is 2.70. The molecule has 2 rings (SSSR count). The minimum atomic E-state index is -0.607. The molecule has 2 aromatic carbocycles. The summed E-state index contributed by atoms with van der Waals surface area (Å²) in [5.74, 6) is -1.40. The molecule has 154 valence electrons. The molecule has 0 aliphatic carbocycles. The van der Waals surface area contributed by atoms with Gasteiger partial charge in [0.05, 0.1) is 18.7 Å². The number of esters is 1. The number of aryl methyl sites for hydroxylation is 2. The third-order valence-corrected chi connectivity index (χ3v) is 4.35. The van der Waals surface area contributed by atoms with Crippen molar-refractivity contribution in [1.82, 2.24) is 4.90 Å². The Balaban J connectivity index is 1.86. The Morgan fingerprint density at radius 3 is 2.34 bits per heavy atom. The van der Waals surface area contributed by atoms with Gasteiger partial charge in [-0.2, -0.15) is 0 Å². The first kappa shape index (κ1) is 22.1. The van der Waals surface area contributed by atoms with Crippen LogP contribution in [0.25, 0.3) is 0 Å².